The minimum Gasteiger partial charge on any atom is -0.369 e. The molecule has 2 amide bonds. The molecular weight excluding hydrogens is 306 g/mol. The van der Waals surface area contributed by atoms with Crippen LogP contribution in [-0.2, 0) is 19.4 Å². The van der Waals surface area contributed by atoms with Crippen molar-refractivity contribution in [3.63, 3.8) is 0 Å². The van der Waals surface area contributed by atoms with Crippen molar-refractivity contribution in [3.8, 4) is 0 Å². The second kappa shape index (κ2) is 6.16. The summed E-state index contributed by atoms with van der Waals surface area (Å²) in [4.78, 5) is 25.3. The lowest BCUT2D eigenvalue weighted by atomic mass is 9.77. The summed E-state index contributed by atoms with van der Waals surface area (Å²) in [6, 6.07) is 0.211. The maximum atomic E-state index is 12.1. The van der Waals surface area contributed by atoms with Gasteiger partial charge in [-0.2, -0.15) is 0 Å². The number of hydrogen-bond donors (Lipinski definition) is 2. The van der Waals surface area contributed by atoms with E-state index in [0.717, 1.165) is 0 Å². The van der Waals surface area contributed by atoms with E-state index in [0.29, 0.717) is 19.5 Å². The van der Waals surface area contributed by atoms with Crippen LogP contribution in [0.5, 0.6) is 0 Å². The van der Waals surface area contributed by atoms with E-state index in [4.69, 9.17) is 11.5 Å². The third-order valence-corrected chi connectivity index (χ3v) is 6.95. The summed E-state index contributed by atoms with van der Waals surface area (Å²) in [5.41, 5.74) is 10.8. The summed E-state index contributed by atoms with van der Waals surface area (Å²) in [7, 11) is -3.49. The van der Waals surface area contributed by atoms with Gasteiger partial charge >= 0.3 is 0 Å². The molecule has 2 saturated heterocycles. The minimum absolute atomic E-state index is 0.0292. The van der Waals surface area contributed by atoms with Gasteiger partial charge in [-0.15, -0.1) is 0 Å². The van der Waals surface area contributed by atoms with Crippen molar-refractivity contribution in [2.75, 3.05) is 18.8 Å². The first kappa shape index (κ1) is 17.2. The minimum atomic E-state index is -3.49. The van der Waals surface area contributed by atoms with Crippen molar-refractivity contribution in [2.24, 2.45) is 29.2 Å². The molecule has 0 aromatic carbocycles. The number of carbonyl (C=O) groups is 2. The smallest absolute Gasteiger partial charge is 0.236 e. The fourth-order valence-corrected chi connectivity index (χ4v) is 5.65. The molecule has 2 aliphatic heterocycles. The fraction of sp³-hybridized carbons (Fsp3) is 0.786. The van der Waals surface area contributed by atoms with E-state index < -0.39 is 32.8 Å². The lowest BCUT2D eigenvalue weighted by Crippen LogP contribution is -2.52. The van der Waals surface area contributed by atoms with Crippen LogP contribution in [0.2, 0.25) is 0 Å². The van der Waals surface area contributed by atoms with E-state index in [9.17, 15) is 18.0 Å². The molecule has 2 rings (SSSR count). The first-order chi connectivity index (χ1) is 10.1. The lowest BCUT2D eigenvalue weighted by molar-refractivity contribution is -0.122. The van der Waals surface area contributed by atoms with Crippen LogP contribution in [0.1, 0.15) is 20.3 Å². The zero-order chi connectivity index (χ0) is 16.7. The molecule has 125 valence electrons. The Hall–Kier alpha value is -1.15. The molecule has 1 radical (unpaired) electrons. The van der Waals surface area contributed by atoms with Crippen LogP contribution >= 0.6 is 0 Å². The van der Waals surface area contributed by atoms with Gasteiger partial charge in [-0.25, -0.2) is 8.42 Å². The Morgan fingerprint density at radius 3 is 2.32 bits per heavy atom. The highest BCUT2D eigenvalue weighted by atomic mass is 32.2. The topological polar surface area (TPSA) is 124 Å². The molecule has 2 heterocycles. The number of amides is 2. The number of likely N-dealkylation sites (tertiary alicyclic amines) is 1. The largest absolute Gasteiger partial charge is 0.369 e. The van der Waals surface area contributed by atoms with Crippen molar-refractivity contribution in [1.82, 2.24) is 4.90 Å². The molecule has 0 aromatic rings. The third-order valence-electron chi connectivity index (χ3n) is 4.79. The van der Waals surface area contributed by atoms with Crippen LogP contribution in [0.3, 0.4) is 0 Å². The summed E-state index contributed by atoms with van der Waals surface area (Å²) in [6.07, 6.45) is 2.22. The standard InChI is InChI=1S/C14H24N3O4S/c1-8(2)17-6-9(5-10(7-17)13(15)18)11-3-4-22(20,21)12(11)14(16)19/h5,8-12H,3-4,6-7H2,1-2H3,(H2,15,18)(H2,16,19). The number of piperidine rings is 1. The van der Waals surface area contributed by atoms with E-state index in [2.05, 4.69) is 4.90 Å². The SMILES string of the molecule is CC(C)N1CC(C(N)=O)[CH]C(C2CCS(=O)(=O)C2C(N)=O)C1. The van der Waals surface area contributed by atoms with Crippen LogP contribution in [-0.4, -0.2) is 55.3 Å². The molecule has 4 N–H and O–H groups in total. The van der Waals surface area contributed by atoms with Gasteiger partial charge in [-0.1, -0.05) is 0 Å². The summed E-state index contributed by atoms with van der Waals surface area (Å²) >= 11 is 0. The second-order valence-corrected chi connectivity index (χ2v) is 8.80. The fourth-order valence-electron chi connectivity index (χ4n) is 3.57. The normalized spacial score (nSPS) is 35.6. The van der Waals surface area contributed by atoms with E-state index in [-0.39, 0.29) is 23.6 Å². The number of nitrogens with zero attached hydrogens (tertiary/aromatic N) is 1. The van der Waals surface area contributed by atoms with Gasteiger partial charge < -0.3 is 11.5 Å². The average molecular weight is 330 g/mol. The van der Waals surface area contributed by atoms with Crippen molar-refractivity contribution in [1.29, 1.82) is 0 Å². The van der Waals surface area contributed by atoms with Crippen LogP contribution in [0, 0.1) is 24.2 Å². The molecule has 2 fully saturated rings. The second-order valence-electron chi connectivity index (χ2n) is 6.56. The molecule has 7 nitrogen and oxygen atoms in total. The van der Waals surface area contributed by atoms with Crippen molar-refractivity contribution in [2.45, 2.75) is 31.6 Å². The molecule has 0 aliphatic carbocycles. The maximum absolute atomic E-state index is 12.1. The first-order valence-electron chi connectivity index (χ1n) is 7.52. The van der Waals surface area contributed by atoms with E-state index >= 15 is 0 Å². The Kier molecular flexibility index (Phi) is 4.81. The Morgan fingerprint density at radius 1 is 1.18 bits per heavy atom. The van der Waals surface area contributed by atoms with Gasteiger partial charge in [0.1, 0.15) is 5.25 Å². The third kappa shape index (κ3) is 3.27. The quantitative estimate of drug-likeness (QED) is 0.678. The molecule has 22 heavy (non-hydrogen) atoms. The van der Waals surface area contributed by atoms with Crippen LogP contribution in [0.25, 0.3) is 0 Å². The Morgan fingerprint density at radius 2 is 1.82 bits per heavy atom. The number of rotatable bonds is 4. The lowest BCUT2D eigenvalue weighted by Gasteiger charge is -2.41. The van der Waals surface area contributed by atoms with Crippen molar-refractivity contribution >= 4 is 21.7 Å². The molecule has 2 aliphatic rings. The van der Waals surface area contributed by atoms with Gasteiger partial charge in [0, 0.05) is 19.1 Å². The monoisotopic (exact) mass is 330 g/mol. The van der Waals surface area contributed by atoms with Gasteiger partial charge in [-0.3, -0.25) is 14.5 Å². The predicted octanol–water partition coefficient (Wildman–Crippen LogP) is -1.08. The Bertz CT molecular complexity index is 560. The van der Waals surface area contributed by atoms with E-state index in [1.165, 1.54) is 0 Å². The van der Waals surface area contributed by atoms with E-state index in [1.54, 1.807) is 0 Å². The summed E-state index contributed by atoms with van der Waals surface area (Å²) in [5, 5.41) is -1.16. The van der Waals surface area contributed by atoms with Crippen LogP contribution < -0.4 is 11.5 Å². The Balaban J connectivity index is 2.26. The zero-order valence-corrected chi connectivity index (χ0v) is 13.8. The summed E-state index contributed by atoms with van der Waals surface area (Å²) in [5.74, 6) is -2.23. The molecule has 4 atom stereocenters. The highest BCUT2D eigenvalue weighted by molar-refractivity contribution is 7.93. The Labute approximate surface area is 131 Å². The molecule has 0 spiro atoms. The average Bonchev–Trinajstić information content (AvgIpc) is 2.73. The van der Waals surface area contributed by atoms with Crippen LogP contribution in [0.4, 0.5) is 0 Å². The molecule has 0 saturated carbocycles. The van der Waals surface area contributed by atoms with Gasteiger partial charge in [0.15, 0.2) is 9.84 Å². The molecule has 0 aromatic heterocycles. The van der Waals surface area contributed by atoms with Crippen LogP contribution in [0.15, 0.2) is 0 Å². The highest BCUT2D eigenvalue weighted by Gasteiger charge is 2.49. The maximum Gasteiger partial charge on any atom is 0.236 e. The molecule has 4 unspecified atom stereocenters. The number of carbonyl (C=O) groups excluding carboxylic acids is 2. The molecule has 0 bridgehead atoms. The highest BCUT2D eigenvalue weighted by Crippen LogP contribution is 2.38. The van der Waals surface area contributed by atoms with Gasteiger partial charge in [-0.05, 0) is 38.5 Å². The number of primary amides is 2. The number of nitrogens with two attached hydrogens (primary N) is 2. The van der Waals surface area contributed by atoms with Gasteiger partial charge in [0.2, 0.25) is 11.8 Å². The predicted molar refractivity (Wildman–Crippen MR) is 82.1 cm³/mol. The molecule has 8 heteroatoms. The summed E-state index contributed by atoms with van der Waals surface area (Å²) < 4.78 is 24.1. The number of sulfone groups is 1. The molecular formula is C14H24N3O4S. The number of hydrogen-bond acceptors (Lipinski definition) is 5. The van der Waals surface area contributed by atoms with Crippen molar-refractivity contribution < 1.29 is 18.0 Å². The van der Waals surface area contributed by atoms with Crippen molar-refractivity contribution in [3.05, 3.63) is 6.42 Å². The van der Waals surface area contributed by atoms with E-state index in [1.807, 2.05) is 20.3 Å². The zero-order valence-electron chi connectivity index (χ0n) is 12.9. The van der Waals surface area contributed by atoms with Gasteiger partial charge in [0.05, 0.1) is 11.7 Å². The summed E-state index contributed by atoms with van der Waals surface area (Å²) in [6.45, 7) is 5.17. The van der Waals surface area contributed by atoms with Gasteiger partial charge in [0.25, 0.3) is 0 Å². The first-order valence-corrected chi connectivity index (χ1v) is 9.24.